The number of carbonyl (C=O) groups excluding carboxylic acids is 1. The Morgan fingerprint density at radius 3 is 2.31 bits per heavy atom. The van der Waals surface area contributed by atoms with Crippen molar-refractivity contribution in [1.82, 2.24) is 5.32 Å². The number of amides is 1. The second-order valence-corrected chi connectivity index (χ2v) is 6.40. The average molecular weight is 355 g/mol. The van der Waals surface area contributed by atoms with Crippen LogP contribution in [0.25, 0.3) is 0 Å². The zero-order valence-electron chi connectivity index (χ0n) is 16.2. The summed E-state index contributed by atoms with van der Waals surface area (Å²) in [5, 5.41) is 2.88. The molecule has 0 bridgehead atoms. The molecule has 1 N–H and O–H groups in total. The van der Waals surface area contributed by atoms with Crippen LogP contribution in [0, 0.1) is 13.8 Å². The summed E-state index contributed by atoms with van der Waals surface area (Å²) < 4.78 is 11.5. The lowest BCUT2D eigenvalue weighted by atomic mass is 10.1. The highest BCUT2D eigenvalue weighted by Crippen LogP contribution is 2.18. The summed E-state index contributed by atoms with van der Waals surface area (Å²) in [6.45, 7) is 9.03. The Morgan fingerprint density at radius 1 is 1.00 bits per heavy atom. The van der Waals surface area contributed by atoms with Crippen LogP contribution in [0.1, 0.15) is 37.0 Å². The van der Waals surface area contributed by atoms with Crippen molar-refractivity contribution in [2.75, 3.05) is 13.2 Å². The maximum atomic E-state index is 12.3. The number of nitrogens with one attached hydrogen (secondary N) is 1. The lowest BCUT2D eigenvalue weighted by Crippen LogP contribution is -2.39. The summed E-state index contributed by atoms with van der Waals surface area (Å²) in [5.74, 6) is 1.42. The van der Waals surface area contributed by atoms with E-state index < -0.39 is 6.10 Å². The van der Waals surface area contributed by atoms with E-state index in [1.54, 1.807) is 0 Å². The van der Waals surface area contributed by atoms with E-state index in [2.05, 4.69) is 31.3 Å². The van der Waals surface area contributed by atoms with E-state index in [-0.39, 0.29) is 5.91 Å². The first-order valence-corrected chi connectivity index (χ1v) is 9.26. The zero-order valence-corrected chi connectivity index (χ0v) is 16.2. The number of hydrogen-bond donors (Lipinski definition) is 1. The third kappa shape index (κ3) is 5.80. The SMILES string of the molecule is CCc1ccc(OCCNC(=O)[C@@H](CC)Oc2ccc(C)c(C)c2)cc1. The van der Waals surface area contributed by atoms with E-state index in [0.717, 1.165) is 23.5 Å². The molecule has 0 saturated heterocycles. The highest BCUT2D eigenvalue weighted by atomic mass is 16.5. The van der Waals surface area contributed by atoms with E-state index in [1.165, 1.54) is 11.1 Å². The van der Waals surface area contributed by atoms with Gasteiger partial charge in [-0.25, -0.2) is 0 Å². The summed E-state index contributed by atoms with van der Waals surface area (Å²) >= 11 is 0. The summed E-state index contributed by atoms with van der Waals surface area (Å²) in [7, 11) is 0. The van der Waals surface area contributed by atoms with E-state index in [4.69, 9.17) is 9.47 Å². The van der Waals surface area contributed by atoms with Gasteiger partial charge in [-0.15, -0.1) is 0 Å². The summed E-state index contributed by atoms with van der Waals surface area (Å²) in [5.41, 5.74) is 3.64. The first-order valence-electron chi connectivity index (χ1n) is 9.26. The highest BCUT2D eigenvalue weighted by molar-refractivity contribution is 5.81. The lowest BCUT2D eigenvalue weighted by molar-refractivity contribution is -0.128. The predicted molar refractivity (Wildman–Crippen MR) is 105 cm³/mol. The van der Waals surface area contributed by atoms with Crippen LogP contribution >= 0.6 is 0 Å². The minimum Gasteiger partial charge on any atom is -0.492 e. The van der Waals surface area contributed by atoms with Crippen molar-refractivity contribution in [3.05, 3.63) is 59.2 Å². The maximum absolute atomic E-state index is 12.3. The number of rotatable bonds is 9. The quantitative estimate of drug-likeness (QED) is 0.685. The van der Waals surface area contributed by atoms with Crippen molar-refractivity contribution < 1.29 is 14.3 Å². The summed E-state index contributed by atoms with van der Waals surface area (Å²) in [4.78, 5) is 12.3. The second kappa shape index (κ2) is 9.85. The minimum atomic E-state index is -0.499. The topological polar surface area (TPSA) is 47.6 Å². The minimum absolute atomic E-state index is 0.115. The van der Waals surface area contributed by atoms with E-state index >= 15 is 0 Å². The molecule has 0 fully saturated rings. The molecule has 140 valence electrons. The largest absolute Gasteiger partial charge is 0.492 e. The first-order chi connectivity index (χ1) is 12.5. The van der Waals surface area contributed by atoms with Crippen LogP contribution in [-0.4, -0.2) is 25.2 Å². The number of hydrogen-bond acceptors (Lipinski definition) is 3. The normalized spacial score (nSPS) is 11.7. The van der Waals surface area contributed by atoms with Crippen LogP contribution < -0.4 is 14.8 Å². The van der Waals surface area contributed by atoms with Gasteiger partial charge in [-0.05, 0) is 67.6 Å². The molecule has 4 heteroatoms. The fraction of sp³-hybridized carbons (Fsp3) is 0.409. The second-order valence-electron chi connectivity index (χ2n) is 6.40. The van der Waals surface area contributed by atoms with E-state index in [0.29, 0.717) is 19.6 Å². The molecular formula is C22H29NO3. The van der Waals surface area contributed by atoms with Gasteiger partial charge in [0, 0.05) is 0 Å². The first kappa shape index (κ1) is 19.8. The lowest BCUT2D eigenvalue weighted by Gasteiger charge is -2.18. The van der Waals surface area contributed by atoms with Gasteiger partial charge in [0.2, 0.25) is 0 Å². The maximum Gasteiger partial charge on any atom is 0.261 e. The smallest absolute Gasteiger partial charge is 0.261 e. The molecule has 0 unspecified atom stereocenters. The standard InChI is InChI=1S/C22H29NO3/c1-5-18-8-11-19(12-9-18)25-14-13-23-22(24)21(6-2)26-20-10-7-16(3)17(4)15-20/h7-12,15,21H,5-6,13-14H2,1-4H3,(H,23,24)/t21-/m1/s1. The molecular weight excluding hydrogens is 326 g/mol. The van der Waals surface area contributed by atoms with Gasteiger partial charge < -0.3 is 14.8 Å². The Labute approximate surface area is 156 Å². The molecule has 2 aromatic rings. The van der Waals surface area contributed by atoms with Gasteiger partial charge in [-0.2, -0.15) is 0 Å². The number of aryl methyl sites for hydroxylation is 3. The highest BCUT2D eigenvalue weighted by Gasteiger charge is 2.18. The van der Waals surface area contributed by atoms with Gasteiger partial charge in [0.15, 0.2) is 6.10 Å². The molecule has 2 aromatic carbocycles. The molecule has 0 aromatic heterocycles. The molecule has 0 radical (unpaired) electrons. The van der Waals surface area contributed by atoms with Gasteiger partial charge in [-0.3, -0.25) is 4.79 Å². The van der Waals surface area contributed by atoms with Gasteiger partial charge in [0.1, 0.15) is 18.1 Å². The molecule has 4 nitrogen and oxygen atoms in total. The van der Waals surface area contributed by atoms with Crippen LogP contribution in [0.3, 0.4) is 0 Å². The Kier molecular flexibility index (Phi) is 7.52. The summed E-state index contributed by atoms with van der Waals surface area (Å²) in [6.07, 6.45) is 1.12. The van der Waals surface area contributed by atoms with Crippen molar-refractivity contribution in [2.24, 2.45) is 0 Å². The third-order valence-electron chi connectivity index (χ3n) is 4.42. The van der Waals surface area contributed by atoms with Crippen molar-refractivity contribution in [3.8, 4) is 11.5 Å². The molecule has 0 aliphatic heterocycles. The third-order valence-corrected chi connectivity index (χ3v) is 4.42. The molecule has 1 atom stereocenters. The molecule has 0 aliphatic carbocycles. The van der Waals surface area contributed by atoms with Crippen LogP contribution in [0.15, 0.2) is 42.5 Å². The van der Waals surface area contributed by atoms with Crippen LogP contribution in [0.5, 0.6) is 11.5 Å². The molecule has 1 amide bonds. The molecule has 0 aliphatic rings. The predicted octanol–water partition coefficient (Wildman–Crippen LogP) is 4.22. The van der Waals surface area contributed by atoms with Crippen molar-refractivity contribution in [1.29, 1.82) is 0 Å². The monoisotopic (exact) mass is 355 g/mol. The van der Waals surface area contributed by atoms with Gasteiger partial charge in [0.25, 0.3) is 5.91 Å². The Balaban J connectivity index is 1.78. The van der Waals surface area contributed by atoms with Crippen molar-refractivity contribution >= 4 is 5.91 Å². The van der Waals surface area contributed by atoms with Gasteiger partial charge >= 0.3 is 0 Å². The fourth-order valence-corrected chi connectivity index (χ4v) is 2.55. The van der Waals surface area contributed by atoms with Crippen LogP contribution in [0.4, 0.5) is 0 Å². The number of ether oxygens (including phenoxy) is 2. The summed E-state index contributed by atoms with van der Waals surface area (Å²) in [6, 6.07) is 13.9. The van der Waals surface area contributed by atoms with Crippen LogP contribution in [0.2, 0.25) is 0 Å². The number of carbonyl (C=O) groups is 1. The molecule has 0 heterocycles. The van der Waals surface area contributed by atoms with Gasteiger partial charge in [-0.1, -0.05) is 32.0 Å². The average Bonchev–Trinajstić information content (AvgIpc) is 2.66. The molecule has 0 spiro atoms. The molecule has 0 saturated carbocycles. The molecule has 2 rings (SSSR count). The fourth-order valence-electron chi connectivity index (χ4n) is 2.55. The van der Waals surface area contributed by atoms with E-state index in [1.807, 2.05) is 44.2 Å². The van der Waals surface area contributed by atoms with Crippen LogP contribution in [-0.2, 0) is 11.2 Å². The zero-order chi connectivity index (χ0) is 18.9. The van der Waals surface area contributed by atoms with Gasteiger partial charge in [0.05, 0.1) is 6.54 Å². The Morgan fingerprint density at radius 2 is 1.69 bits per heavy atom. The number of benzene rings is 2. The van der Waals surface area contributed by atoms with Crippen molar-refractivity contribution in [2.45, 2.75) is 46.6 Å². The van der Waals surface area contributed by atoms with E-state index in [9.17, 15) is 4.79 Å². The Hall–Kier alpha value is -2.49. The molecule has 26 heavy (non-hydrogen) atoms. The Bertz CT molecular complexity index is 710. The van der Waals surface area contributed by atoms with Crippen molar-refractivity contribution in [3.63, 3.8) is 0 Å².